The zero-order valence-corrected chi connectivity index (χ0v) is 16.4. The van der Waals surface area contributed by atoms with Crippen LogP contribution in [-0.4, -0.2) is 21.0 Å². The van der Waals surface area contributed by atoms with Crippen molar-refractivity contribution < 1.29 is 22.5 Å². The van der Waals surface area contributed by atoms with Crippen LogP contribution in [0.25, 0.3) is 0 Å². The molecule has 0 fully saturated rings. The van der Waals surface area contributed by atoms with Crippen LogP contribution in [-0.2, 0) is 12.6 Å². The van der Waals surface area contributed by atoms with E-state index in [9.17, 15) is 18.0 Å². The van der Waals surface area contributed by atoms with Gasteiger partial charge in [-0.3, -0.25) is 9.78 Å². The molecule has 1 atom stereocenters. The third-order valence-corrected chi connectivity index (χ3v) is 4.75. The Labute approximate surface area is 165 Å². The van der Waals surface area contributed by atoms with Gasteiger partial charge >= 0.3 is 6.18 Å². The highest BCUT2D eigenvalue weighted by atomic mass is 19.4. The number of carbonyl (C=O) groups is 1. The lowest BCUT2D eigenvalue weighted by Crippen LogP contribution is -2.27. The quantitative estimate of drug-likeness (QED) is 0.657. The minimum absolute atomic E-state index is 0.296. The van der Waals surface area contributed by atoms with Crippen LogP contribution in [0.15, 0.2) is 28.9 Å². The number of halogens is 3. The zero-order valence-electron chi connectivity index (χ0n) is 16.4. The lowest BCUT2D eigenvalue weighted by atomic mass is 10.0. The molecule has 0 aromatic carbocycles. The topological polar surface area (TPSA) is 83.8 Å². The molecule has 0 aliphatic rings. The van der Waals surface area contributed by atoms with E-state index < -0.39 is 11.9 Å². The van der Waals surface area contributed by atoms with Crippen molar-refractivity contribution in [2.45, 2.75) is 46.3 Å². The second kappa shape index (κ2) is 7.73. The first-order valence-electron chi connectivity index (χ1n) is 9.00. The van der Waals surface area contributed by atoms with Gasteiger partial charge in [0.2, 0.25) is 0 Å². The van der Waals surface area contributed by atoms with Crippen molar-refractivity contribution in [2.75, 3.05) is 0 Å². The van der Waals surface area contributed by atoms with E-state index in [0.717, 1.165) is 22.9 Å². The fourth-order valence-electron chi connectivity index (χ4n) is 3.11. The molecule has 0 bridgehead atoms. The van der Waals surface area contributed by atoms with Gasteiger partial charge in [0.25, 0.3) is 5.91 Å². The van der Waals surface area contributed by atoms with Crippen molar-refractivity contribution in [2.24, 2.45) is 0 Å². The molecular weight excluding hydrogens is 385 g/mol. The van der Waals surface area contributed by atoms with Gasteiger partial charge in [0.05, 0.1) is 6.04 Å². The van der Waals surface area contributed by atoms with E-state index in [1.165, 1.54) is 12.3 Å². The monoisotopic (exact) mass is 406 g/mol. The normalized spacial score (nSPS) is 12.8. The Bertz CT molecular complexity index is 1020. The van der Waals surface area contributed by atoms with Crippen LogP contribution in [0.5, 0.6) is 0 Å². The second-order valence-corrected chi connectivity index (χ2v) is 7.01. The van der Waals surface area contributed by atoms with Gasteiger partial charge in [0.15, 0.2) is 0 Å². The molecule has 6 nitrogen and oxygen atoms in total. The first-order chi connectivity index (χ1) is 13.6. The molecule has 2 N–H and O–H groups in total. The Hall–Kier alpha value is -3.10. The van der Waals surface area contributed by atoms with Gasteiger partial charge in [-0.1, -0.05) is 11.2 Å². The molecule has 9 heteroatoms. The van der Waals surface area contributed by atoms with Crippen molar-refractivity contribution >= 4 is 5.91 Å². The third-order valence-electron chi connectivity index (χ3n) is 4.75. The van der Waals surface area contributed by atoms with Gasteiger partial charge in [-0.15, -0.1) is 0 Å². The molecular formula is C20H21F3N4O2. The number of nitrogens with zero attached hydrogens (tertiary/aromatic N) is 2. The highest BCUT2D eigenvalue weighted by Gasteiger charge is 2.32. The molecule has 154 valence electrons. The SMILES string of the molecule is Cc1cc(C(C)NC(=O)c2[nH]c(C)c(Cc3ccc(C(F)(F)F)nc3)c2C)no1. The lowest BCUT2D eigenvalue weighted by Gasteiger charge is -2.11. The second-order valence-electron chi connectivity index (χ2n) is 7.01. The number of hydrogen-bond donors (Lipinski definition) is 2. The first kappa shape index (κ1) is 20.6. The van der Waals surface area contributed by atoms with Crippen LogP contribution in [0.2, 0.25) is 0 Å². The molecule has 0 spiro atoms. The molecule has 1 amide bonds. The van der Waals surface area contributed by atoms with Crippen LogP contribution >= 0.6 is 0 Å². The average Bonchev–Trinajstić information content (AvgIpc) is 3.20. The van der Waals surface area contributed by atoms with E-state index in [4.69, 9.17) is 4.52 Å². The number of rotatable bonds is 5. The number of carbonyl (C=O) groups excluding carboxylic acids is 1. The van der Waals surface area contributed by atoms with Crippen LogP contribution in [0.4, 0.5) is 13.2 Å². The van der Waals surface area contributed by atoms with Crippen molar-refractivity contribution in [3.05, 3.63) is 69.6 Å². The van der Waals surface area contributed by atoms with E-state index in [1.54, 1.807) is 26.8 Å². The van der Waals surface area contributed by atoms with Crippen LogP contribution in [0, 0.1) is 20.8 Å². The fraction of sp³-hybridized carbons (Fsp3) is 0.350. The van der Waals surface area contributed by atoms with Crippen molar-refractivity contribution in [1.29, 1.82) is 0 Å². The first-order valence-corrected chi connectivity index (χ1v) is 9.00. The Kier molecular flexibility index (Phi) is 5.50. The fourth-order valence-corrected chi connectivity index (χ4v) is 3.11. The highest BCUT2D eigenvalue weighted by molar-refractivity contribution is 5.94. The Morgan fingerprint density at radius 1 is 1.28 bits per heavy atom. The molecule has 0 saturated carbocycles. The average molecular weight is 406 g/mol. The maximum atomic E-state index is 12.7. The number of aryl methyl sites for hydroxylation is 2. The van der Waals surface area contributed by atoms with Gasteiger partial charge < -0.3 is 14.8 Å². The number of hydrogen-bond acceptors (Lipinski definition) is 4. The lowest BCUT2D eigenvalue weighted by molar-refractivity contribution is -0.141. The summed E-state index contributed by atoms with van der Waals surface area (Å²) in [6.07, 6.45) is -2.89. The molecule has 1 unspecified atom stereocenters. The molecule has 0 radical (unpaired) electrons. The minimum atomic E-state index is -4.47. The van der Waals surface area contributed by atoms with E-state index in [1.807, 2.05) is 6.92 Å². The van der Waals surface area contributed by atoms with Crippen LogP contribution in [0.1, 0.15) is 63.0 Å². The summed E-state index contributed by atoms with van der Waals surface area (Å²) in [5.41, 5.74) is 3.09. The smallest absolute Gasteiger partial charge is 0.361 e. The van der Waals surface area contributed by atoms with Crippen molar-refractivity contribution in [3.63, 3.8) is 0 Å². The molecule has 0 aliphatic heterocycles. The summed E-state index contributed by atoms with van der Waals surface area (Å²) in [4.78, 5) is 19.3. The summed E-state index contributed by atoms with van der Waals surface area (Å²) in [5, 5.41) is 6.77. The maximum Gasteiger partial charge on any atom is 0.433 e. The zero-order chi connectivity index (χ0) is 21.3. The van der Waals surface area contributed by atoms with E-state index in [0.29, 0.717) is 29.1 Å². The number of amides is 1. The number of nitrogens with one attached hydrogen (secondary N) is 2. The summed E-state index contributed by atoms with van der Waals surface area (Å²) < 4.78 is 43.0. The molecule has 3 aromatic rings. The summed E-state index contributed by atoms with van der Waals surface area (Å²) in [6.45, 7) is 7.19. The number of pyridine rings is 1. The molecule has 3 heterocycles. The predicted octanol–water partition coefficient (Wildman–Crippen LogP) is 4.42. The number of H-pyrrole nitrogens is 1. The minimum Gasteiger partial charge on any atom is -0.361 e. The standard InChI is InChI=1S/C20H21F3N4O2/c1-10-7-16(27-29-10)13(4)26-19(28)18-11(2)15(12(3)25-18)8-14-5-6-17(24-9-14)20(21,22)23/h5-7,9,13,25H,8H2,1-4H3,(H,26,28). The van der Waals surface area contributed by atoms with Crippen LogP contribution in [0.3, 0.4) is 0 Å². The summed E-state index contributed by atoms with van der Waals surface area (Å²) in [7, 11) is 0. The Morgan fingerprint density at radius 3 is 2.55 bits per heavy atom. The summed E-state index contributed by atoms with van der Waals surface area (Å²) in [6, 6.07) is 3.77. The van der Waals surface area contributed by atoms with Gasteiger partial charge in [-0.2, -0.15) is 13.2 Å². The molecule has 0 saturated heterocycles. The Morgan fingerprint density at radius 2 is 2.00 bits per heavy atom. The highest BCUT2D eigenvalue weighted by Crippen LogP contribution is 2.28. The number of alkyl halides is 3. The summed E-state index contributed by atoms with van der Waals surface area (Å²) >= 11 is 0. The van der Waals surface area contributed by atoms with Gasteiger partial charge in [-0.05, 0) is 50.5 Å². The van der Waals surface area contributed by atoms with Crippen molar-refractivity contribution in [3.8, 4) is 0 Å². The van der Waals surface area contributed by atoms with Gasteiger partial charge in [-0.25, -0.2) is 0 Å². The molecule has 0 aliphatic carbocycles. The van der Waals surface area contributed by atoms with E-state index >= 15 is 0 Å². The predicted molar refractivity (Wildman–Crippen MR) is 99.4 cm³/mol. The van der Waals surface area contributed by atoms with Crippen LogP contribution < -0.4 is 5.32 Å². The van der Waals surface area contributed by atoms with E-state index in [-0.39, 0.29) is 11.9 Å². The Balaban J connectivity index is 1.76. The summed E-state index contributed by atoms with van der Waals surface area (Å²) in [5.74, 6) is 0.357. The van der Waals surface area contributed by atoms with Gasteiger partial charge in [0, 0.05) is 24.4 Å². The van der Waals surface area contributed by atoms with E-state index in [2.05, 4.69) is 20.4 Å². The third kappa shape index (κ3) is 4.49. The number of aromatic nitrogens is 3. The largest absolute Gasteiger partial charge is 0.433 e. The van der Waals surface area contributed by atoms with Crippen molar-refractivity contribution in [1.82, 2.24) is 20.4 Å². The van der Waals surface area contributed by atoms with Gasteiger partial charge in [0.1, 0.15) is 22.8 Å². The molecule has 29 heavy (non-hydrogen) atoms. The maximum absolute atomic E-state index is 12.7. The number of aromatic amines is 1. The molecule has 3 rings (SSSR count). The molecule has 3 aromatic heterocycles.